The number of nitrogens with zero attached hydrogens (tertiary/aromatic N) is 1. The first-order chi connectivity index (χ1) is 6.83. The number of hydrogen-bond acceptors (Lipinski definition) is 2. The molecule has 1 fully saturated rings. The number of hydrogen-bond donors (Lipinski definition) is 0. The zero-order valence-corrected chi connectivity index (χ0v) is 9.70. The summed E-state index contributed by atoms with van der Waals surface area (Å²) in [7, 11) is 1.61. The summed E-state index contributed by atoms with van der Waals surface area (Å²) in [4.78, 5) is 4.70. The molecule has 0 saturated heterocycles. The molecular formula is C12H23NO. The van der Waals surface area contributed by atoms with Gasteiger partial charge in [0.25, 0.3) is 0 Å². The van der Waals surface area contributed by atoms with E-state index in [-0.39, 0.29) is 0 Å². The highest BCUT2D eigenvalue weighted by Crippen LogP contribution is 2.43. The molecule has 1 aliphatic rings. The van der Waals surface area contributed by atoms with E-state index in [1.807, 2.05) is 6.21 Å². The minimum Gasteiger partial charge on any atom is -0.399 e. The molecule has 0 N–H and O–H groups in total. The average Bonchev–Trinajstić information content (AvgIpc) is 3.01. The van der Waals surface area contributed by atoms with Gasteiger partial charge >= 0.3 is 0 Å². The van der Waals surface area contributed by atoms with E-state index in [1.165, 1.54) is 25.7 Å². The third kappa shape index (κ3) is 3.32. The summed E-state index contributed by atoms with van der Waals surface area (Å²) < 4.78 is 0. The molecule has 1 rings (SSSR count). The Hall–Kier alpha value is -0.530. The molecule has 0 amide bonds. The lowest BCUT2D eigenvalue weighted by molar-refractivity contribution is 0.212. The normalized spacial score (nSPS) is 21.1. The molecule has 2 unspecified atom stereocenters. The fourth-order valence-corrected chi connectivity index (χ4v) is 2.47. The molecule has 0 aromatic heterocycles. The van der Waals surface area contributed by atoms with Crippen molar-refractivity contribution in [2.75, 3.05) is 7.11 Å². The zero-order valence-electron chi connectivity index (χ0n) is 9.70. The van der Waals surface area contributed by atoms with Crippen LogP contribution in [0.5, 0.6) is 0 Å². The molecule has 2 heteroatoms. The van der Waals surface area contributed by atoms with Gasteiger partial charge in [0.2, 0.25) is 0 Å². The summed E-state index contributed by atoms with van der Waals surface area (Å²) in [6.07, 6.45) is 8.51. The van der Waals surface area contributed by atoms with Gasteiger partial charge in [-0.05, 0) is 37.0 Å². The van der Waals surface area contributed by atoms with Crippen molar-refractivity contribution in [3.8, 4) is 0 Å². The second-order valence-electron chi connectivity index (χ2n) is 4.28. The van der Waals surface area contributed by atoms with Gasteiger partial charge < -0.3 is 4.84 Å². The van der Waals surface area contributed by atoms with E-state index in [9.17, 15) is 0 Å². The Morgan fingerprint density at radius 1 is 1.36 bits per heavy atom. The van der Waals surface area contributed by atoms with E-state index in [0.29, 0.717) is 0 Å². The van der Waals surface area contributed by atoms with Crippen LogP contribution in [0.1, 0.15) is 46.0 Å². The van der Waals surface area contributed by atoms with Crippen LogP contribution in [-0.2, 0) is 4.84 Å². The maximum Gasteiger partial charge on any atom is 0.106 e. The molecule has 14 heavy (non-hydrogen) atoms. The minimum absolute atomic E-state index is 0.811. The average molecular weight is 197 g/mol. The van der Waals surface area contributed by atoms with Crippen molar-refractivity contribution in [1.82, 2.24) is 0 Å². The second-order valence-corrected chi connectivity index (χ2v) is 4.28. The fraction of sp³-hybridized carbons (Fsp3) is 0.917. The van der Waals surface area contributed by atoms with Crippen molar-refractivity contribution >= 4 is 6.21 Å². The Morgan fingerprint density at radius 3 is 2.50 bits per heavy atom. The first kappa shape index (κ1) is 11.5. The fourth-order valence-electron chi connectivity index (χ4n) is 2.47. The summed E-state index contributed by atoms with van der Waals surface area (Å²) in [5.41, 5.74) is 0. The molecule has 0 aliphatic heterocycles. The smallest absolute Gasteiger partial charge is 0.106 e. The Morgan fingerprint density at radius 2 is 2.07 bits per heavy atom. The Bertz CT molecular complexity index is 175. The lowest BCUT2D eigenvalue weighted by atomic mass is 9.82. The monoisotopic (exact) mass is 197 g/mol. The van der Waals surface area contributed by atoms with E-state index >= 15 is 0 Å². The lowest BCUT2D eigenvalue weighted by Crippen LogP contribution is -2.16. The Balaban J connectivity index is 2.37. The molecule has 2 nitrogen and oxygen atoms in total. The van der Waals surface area contributed by atoms with Crippen molar-refractivity contribution in [1.29, 1.82) is 0 Å². The Kier molecular flexibility index (Phi) is 4.99. The van der Waals surface area contributed by atoms with Crippen LogP contribution < -0.4 is 0 Å². The van der Waals surface area contributed by atoms with Gasteiger partial charge in [0.05, 0.1) is 0 Å². The summed E-state index contributed by atoms with van der Waals surface area (Å²) in [5.74, 6) is 2.75. The van der Waals surface area contributed by atoms with Crippen molar-refractivity contribution in [2.24, 2.45) is 22.9 Å². The number of oxime groups is 1. The van der Waals surface area contributed by atoms with Crippen LogP contribution in [0.15, 0.2) is 5.16 Å². The molecule has 0 radical (unpaired) electrons. The first-order valence-electron chi connectivity index (χ1n) is 5.88. The topological polar surface area (TPSA) is 21.6 Å². The van der Waals surface area contributed by atoms with Gasteiger partial charge in [0.15, 0.2) is 0 Å². The third-order valence-corrected chi connectivity index (χ3v) is 3.42. The van der Waals surface area contributed by atoms with E-state index in [2.05, 4.69) is 19.0 Å². The molecule has 0 bridgehead atoms. The molecule has 0 aromatic carbocycles. The molecule has 0 aromatic rings. The van der Waals surface area contributed by atoms with Gasteiger partial charge in [-0.15, -0.1) is 0 Å². The van der Waals surface area contributed by atoms with Gasteiger partial charge in [-0.1, -0.05) is 31.8 Å². The van der Waals surface area contributed by atoms with Crippen LogP contribution in [0, 0.1) is 17.8 Å². The van der Waals surface area contributed by atoms with Crippen LogP contribution in [0.25, 0.3) is 0 Å². The SMILES string of the molecule is CCC(C/C=N/OC)C(CC)C1CC1. The summed E-state index contributed by atoms with van der Waals surface area (Å²) in [6.45, 7) is 4.61. The summed E-state index contributed by atoms with van der Waals surface area (Å²) >= 11 is 0. The lowest BCUT2D eigenvalue weighted by Gasteiger charge is -2.23. The van der Waals surface area contributed by atoms with Crippen LogP contribution >= 0.6 is 0 Å². The minimum atomic E-state index is 0.811. The molecule has 2 atom stereocenters. The predicted octanol–water partition coefficient (Wildman–Crippen LogP) is 3.47. The van der Waals surface area contributed by atoms with E-state index in [4.69, 9.17) is 4.84 Å². The van der Waals surface area contributed by atoms with E-state index in [0.717, 1.165) is 24.2 Å². The third-order valence-electron chi connectivity index (χ3n) is 3.42. The molecular weight excluding hydrogens is 174 g/mol. The standard InChI is InChI=1S/C12H23NO/c1-4-10(8-9-13-14-3)12(5-2)11-6-7-11/h9-12H,4-8H2,1-3H3/b13-9+. The van der Waals surface area contributed by atoms with Crippen LogP contribution in [0.2, 0.25) is 0 Å². The van der Waals surface area contributed by atoms with Crippen molar-refractivity contribution in [3.05, 3.63) is 0 Å². The van der Waals surface area contributed by atoms with Crippen LogP contribution in [0.3, 0.4) is 0 Å². The van der Waals surface area contributed by atoms with Crippen LogP contribution in [-0.4, -0.2) is 13.3 Å². The highest BCUT2D eigenvalue weighted by Gasteiger charge is 2.33. The van der Waals surface area contributed by atoms with Gasteiger partial charge in [-0.3, -0.25) is 0 Å². The van der Waals surface area contributed by atoms with Gasteiger partial charge in [0.1, 0.15) is 7.11 Å². The molecule has 1 saturated carbocycles. The highest BCUT2D eigenvalue weighted by atomic mass is 16.6. The van der Waals surface area contributed by atoms with Gasteiger partial charge in [-0.25, -0.2) is 0 Å². The van der Waals surface area contributed by atoms with Gasteiger partial charge in [0, 0.05) is 6.21 Å². The summed E-state index contributed by atoms with van der Waals surface area (Å²) in [5, 5.41) is 3.83. The zero-order chi connectivity index (χ0) is 10.4. The van der Waals surface area contributed by atoms with Crippen LogP contribution in [0.4, 0.5) is 0 Å². The van der Waals surface area contributed by atoms with Crippen molar-refractivity contribution in [2.45, 2.75) is 46.0 Å². The second kappa shape index (κ2) is 6.05. The summed E-state index contributed by atoms with van der Waals surface area (Å²) in [6, 6.07) is 0. The maximum absolute atomic E-state index is 4.70. The molecule has 82 valence electrons. The molecule has 1 aliphatic carbocycles. The van der Waals surface area contributed by atoms with E-state index < -0.39 is 0 Å². The Labute approximate surface area is 87.7 Å². The van der Waals surface area contributed by atoms with Gasteiger partial charge in [-0.2, -0.15) is 0 Å². The maximum atomic E-state index is 4.70. The quantitative estimate of drug-likeness (QED) is 0.452. The number of rotatable bonds is 7. The predicted molar refractivity (Wildman–Crippen MR) is 60.4 cm³/mol. The van der Waals surface area contributed by atoms with Crippen molar-refractivity contribution in [3.63, 3.8) is 0 Å². The van der Waals surface area contributed by atoms with E-state index in [1.54, 1.807) is 7.11 Å². The first-order valence-corrected chi connectivity index (χ1v) is 5.88. The molecule has 0 heterocycles. The highest BCUT2D eigenvalue weighted by molar-refractivity contribution is 5.56. The molecule has 0 spiro atoms. The van der Waals surface area contributed by atoms with Crippen molar-refractivity contribution < 1.29 is 4.84 Å². The largest absolute Gasteiger partial charge is 0.399 e.